The third-order valence-electron chi connectivity index (χ3n) is 6.71. The Kier molecular flexibility index (Phi) is 9.27. The van der Waals surface area contributed by atoms with Crippen LogP contribution in [0.2, 0.25) is 5.02 Å². The highest BCUT2D eigenvalue weighted by molar-refractivity contribution is 6.31. The van der Waals surface area contributed by atoms with E-state index in [0.29, 0.717) is 44.0 Å². The molecule has 1 N–H and O–H groups in total. The molecule has 0 unspecified atom stereocenters. The molecule has 0 radical (unpaired) electrons. The molecular weight excluding hydrogens is 453 g/mol. The molecule has 0 spiro atoms. The smallest absolute Gasteiger partial charge is 0.369 e. The molecule has 33 heavy (non-hydrogen) atoms. The number of halogens is 4. The number of carbonyl (C=O) groups is 1. The fourth-order valence-electron chi connectivity index (χ4n) is 4.74. The van der Waals surface area contributed by atoms with Gasteiger partial charge in [-0.2, -0.15) is 18.4 Å². The van der Waals surface area contributed by atoms with E-state index < -0.39 is 11.7 Å². The fourth-order valence-corrected chi connectivity index (χ4v) is 4.97. The number of piperazine rings is 1. The minimum Gasteiger partial charge on any atom is -0.369 e. The van der Waals surface area contributed by atoms with Crippen molar-refractivity contribution in [3.8, 4) is 6.07 Å². The number of rotatable bonds is 8. The number of carbonyl (C=O) groups excluding carboxylic acids is 1. The molecule has 1 aromatic carbocycles. The number of unbranched alkanes of at least 4 members (excludes halogenated alkanes) is 1. The number of nitrogens with zero attached hydrogens (tertiary/aromatic N) is 3. The molecule has 9 heteroatoms. The minimum atomic E-state index is -4.40. The first-order valence-corrected chi connectivity index (χ1v) is 12.1. The topological polar surface area (TPSA) is 59.4 Å². The van der Waals surface area contributed by atoms with Crippen LogP contribution in [0, 0.1) is 17.2 Å². The van der Waals surface area contributed by atoms with Gasteiger partial charge in [-0.05, 0) is 69.2 Å². The number of hydrogen-bond acceptors (Lipinski definition) is 4. The Balaban J connectivity index is 1.36. The summed E-state index contributed by atoms with van der Waals surface area (Å²) in [5, 5.41) is 11.8. The number of amides is 1. The van der Waals surface area contributed by atoms with Gasteiger partial charge >= 0.3 is 6.18 Å². The van der Waals surface area contributed by atoms with Crippen LogP contribution in [0.3, 0.4) is 0 Å². The summed E-state index contributed by atoms with van der Waals surface area (Å²) in [6.45, 7) is 4.00. The van der Waals surface area contributed by atoms with Gasteiger partial charge in [-0.1, -0.05) is 11.6 Å². The number of hydrogen-bond donors (Lipinski definition) is 1. The van der Waals surface area contributed by atoms with Crippen molar-refractivity contribution < 1.29 is 18.0 Å². The zero-order valence-electron chi connectivity index (χ0n) is 18.8. The van der Waals surface area contributed by atoms with Gasteiger partial charge in [-0.25, -0.2) is 0 Å². The van der Waals surface area contributed by atoms with Crippen molar-refractivity contribution in [2.75, 3.05) is 37.6 Å². The standard InChI is InChI=1S/C24H32ClF3N4O/c25-20-15-19(24(26,27)28)16-22(17-20)32-13-11-31(12-14-32)10-8-18-4-6-21(7-5-18)30-23(33)3-1-2-9-29/h15-18,21H,1-8,10-14H2,(H,30,33). The van der Waals surface area contributed by atoms with Gasteiger partial charge in [0.2, 0.25) is 5.91 Å². The zero-order valence-corrected chi connectivity index (χ0v) is 19.6. The molecular formula is C24H32ClF3N4O. The summed E-state index contributed by atoms with van der Waals surface area (Å²) in [5.41, 5.74) is -0.177. The van der Waals surface area contributed by atoms with Crippen molar-refractivity contribution in [3.05, 3.63) is 28.8 Å². The summed E-state index contributed by atoms with van der Waals surface area (Å²) >= 11 is 5.93. The molecule has 1 saturated heterocycles. The minimum absolute atomic E-state index is 0.0497. The average Bonchev–Trinajstić information content (AvgIpc) is 2.78. The normalized spacial score (nSPS) is 22.1. The predicted molar refractivity (Wildman–Crippen MR) is 123 cm³/mol. The third kappa shape index (κ3) is 8.08. The quantitative estimate of drug-likeness (QED) is 0.513. The van der Waals surface area contributed by atoms with Gasteiger partial charge in [0.25, 0.3) is 0 Å². The highest BCUT2D eigenvalue weighted by atomic mass is 35.5. The van der Waals surface area contributed by atoms with E-state index in [1.54, 1.807) is 6.07 Å². The van der Waals surface area contributed by atoms with Crippen molar-refractivity contribution in [2.45, 2.75) is 63.6 Å². The summed E-state index contributed by atoms with van der Waals surface area (Å²) in [5.74, 6) is 0.700. The molecule has 5 nitrogen and oxygen atoms in total. The van der Waals surface area contributed by atoms with E-state index >= 15 is 0 Å². The molecule has 1 amide bonds. The van der Waals surface area contributed by atoms with Crippen LogP contribution in [-0.4, -0.2) is 49.6 Å². The maximum atomic E-state index is 13.1. The Morgan fingerprint density at radius 3 is 2.45 bits per heavy atom. The van der Waals surface area contributed by atoms with Gasteiger partial charge in [0.1, 0.15) is 0 Å². The molecule has 2 fully saturated rings. The molecule has 1 aromatic rings. The lowest BCUT2D eigenvalue weighted by Gasteiger charge is -2.37. The van der Waals surface area contributed by atoms with Gasteiger partial charge in [0.15, 0.2) is 0 Å². The Bertz CT molecular complexity index is 826. The second-order valence-electron chi connectivity index (χ2n) is 9.11. The molecule has 1 saturated carbocycles. The maximum Gasteiger partial charge on any atom is 0.416 e. The lowest BCUT2D eigenvalue weighted by molar-refractivity contribution is -0.137. The second-order valence-corrected chi connectivity index (χ2v) is 9.55. The highest BCUT2D eigenvalue weighted by Gasteiger charge is 2.32. The van der Waals surface area contributed by atoms with Crippen molar-refractivity contribution in [1.82, 2.24) is 10.2 Å². The first kappa shape index (κ1) is 25.6. The molecule has 3 rings (SSSR count). The molecule has 0 bridgehead atoms. The van der Waals surface area contributed by atoms with Gasteiger partial charge < -0.3 is 10.2 Å². The van der Waals surface area contributed by atoms with E-state index in [0.717, 1.165) is 57.8 Å². The first-order valence-electron chi connectivity index (χ1n) is 11.8. The van der Waals surface area contributed by atoms with Gasteiger partial charge in [-0.3, -0.25) is 9.69 Å². The van der Waals surface area contributed by atoms with Crippen molar-refractivity contribution in [1.29, 1.82) is 5.26 Å². The van der Waals surface area contributed by atoms with Crippen LogP contribution in [0.5, 0.6) is 0 Å². The SMILES string of the molecule is N#CCCCC(=O)NC1CCC(CCN2CCN(c3cc(Cl)cc(C(F)(F)F)c3)CC2)CC1. The largest absolute Gasteiger partial charge is 0.416 e. The molecule has 2 aliphatic rings. The molecule has 1 heterocycles. The lowest BCUT2D eigenvalue weighted by atomic mass is 9.84. The number of alkyl halides is 3. The van der Waals surface area contributed by atoms with Gasteiger partial charge in [0.05, 0.1) is 11.6 Å². The van der Waals surface area contributed by atoms with Crippen molar-refractivity contribution in [2.24, 2.45) is 5.92 Å². The summed E-state index contributed by atoms with van der Waals surface area (Å²) < 4.78 is 39.3. The Morgan fingerprint density at radius 2 is 1.82 bits per heavy atom. The van der Waals surface area contributed by atoms with E-state index in [9.17, 15) is 18.0 Å². The summed E-state index contributed by atoms with van der Waals surface area (Å²) in [4.78, 5) is 16.3. The van der Waals surface area contributed by atoms with Crippen LogP contribution in [0.25, 0.3) is 0 Å². The first-order chi connectivity index (χ1) is 15.7. The second kappa shape index (κ2) is 11.9. The van der Waals surface area contributed by atoms with Gasteiger partial charge in [0, 0.05) is 55.8 Å². The van der Waals surface area contributed by atoms with E-state index in [1.807, 2.05) is 4.90 Å². The Hall–Kier alpha value is -1.98. The van der Waals surface area contributed by atoms with E-state index in [-0.39, 0.29) is 17.0 Å². The molecule has 182 valence electrons. The lowest BCUT2D eigenvalue weighted by Crippen LogP contribution is -2.47. The van der Waals surface area contributed by atoms with Crippen LogP contribution >= 0.6 is 11.6 Å². The molecule has 1 aliphatic carbocycles. The van der Waals surface area contributed by atoms with Crippen molar-refractivity contribution >= 4 is 23.2 Å². The number of anilines is 1. The molecule has 1 aliphatic heterocycles. The third-order valence-corrected chi connectivity index (χ3v) is 6.92. The van der Waals surface area contributed by atoms with Crippen LogP contribution in [0.15, 0.2) is 18.2 Å². The van der Waals surface area contributed by atoms with Crippen LogP contribution in [0.1, 0.15) is 56.9 Å². The summed E-state index contributed by atoms with van der Waals surface area (Å²) in [6.07, 6.45) is 2.37. The fraction of sp³-hybridized carbons (Fsp3) is 0.667. The van der Waals surface area contributed by atoms with Crippen LogP contribution in [-0.2, 0) is 11.0 Å². The van der Waals surface area contributed by atoms with E-state index in [4.69, 9.17) is 16.9 Å². The number of nitriles is 1. The summed E-state index contributed by atoms with van der Waals surface area (Å²) in [6, 6.07) is 6.07. The molecule has 0 aromatic heterocycles. The maximum absolute atomic E-state index is 13.1. The predicted octanol–water partition coefficient (Wildman–Crippen LogP) is 5.24. The van der Waals surface area contributed by atoms with Crippen LogP contribution < -0.4 is 10.2 Å². The average molecular weight is 485 g/mol. The highest BCUT2D eigenvalue weighted by Crippen LogP contribution is 2.34. The molecule has 0 atom stereocenters. The van der Waals surface area contributed by atoms with E-state index in [1.165, 1.54) is 6.07 Å². The zero-order chi connectivity index (χ0) is 23.8. The Morgan fingerprint density at radius 1 is 1.12 bits per heavy atom. The monoisotopic (exact) mass is 484 g/mol. The number of benzene rings is 1. The van der Waals surface area contributed by atoms with Gasteiger partial charge in [-0.15, -0.1) is 0 Å². The van der Waals surface area contributed by atoms with Crippen LogP contribution in [0.4, 0.5) is 18.9 Å². The Labute approximate surface area is 198 Å². The van der Waals surface area contributed by atoms with E-state index in [2.05, 4.69) is 16.3 Å². The summed E-state index contributed by atoms with van der Waals surface area (Å²) in [7, 11) is 0. The van der Waals surface area contributed by atoms with Crippen molar-refractivity contribution in [3.63, 3.8) is 0 Å². The number of nitrogens with one attached hydrogen (secondary N) is 1.